The normalized spacial score (nSPS) is 16.2. The molecule has 3 heterocycles. The van der Waals surface area contributed by atoms with E-state index in [0.29, 0.717) is 29.6 Å². The minimum atomic E-state index is -0.355. The van der Waals surface area contributed by atoms with Crippen LogP contribution in [0.15, 0.2) is 52.2 Å². The maximum Gasteiger partial charge on any atom is 0.286 e. The number of carbonyl (C=O) groups is 1. The maximum atomic E-state index is 14.5. The molecule has 1 amide bonds. The van der Waals surface area contributed by atoms with Crippen molar-refractivity contribution in [1.29, 1.82) is 0 Å². The van der Waals surface area contributed by atoms with Gasteiger partial charge in [-0.3, -0.25) is 9.36 Å². The molecule has 0 unspecified atom stereocenters. The number of nitrogens with zero attached hydrogens (tertiary/aromatic N) is 3. The van der Waals surface area contributed by atoms with Crippen LogP contribution in [-0.2, 0) is 11.2 Å². The van der Waals surface area contributed by atoms with Gasteiger partial charge in [0.2, 0.25) is 0 Å². The highest BCUT2D eigenvalue weighted by atomic mass is 32.2. The van der Waals surface area contributed by atoms with E-state index in [4.69, 9.17) is 9.15 Å². The number of rotatable bonds is 8. The molecule has 1 aromatic carbocycles. The molecule has 1 N–H and O–H groups in total. The van der Waals surface area contributed by atoms with Crippen molar-refractivity contribution in [3.8, 4) is 5.69 Å². The minimum absolute atomic E-state index is 0.182. The van der Waals surface area contributed by atoms with Gasteiger partial charge in [0.15, 0.2) is 10.9 Å². The number of thioether (sulfide) groups is 1. The number of amides is 1. The van der Waals surface area contributed by atoms with Gasteiger partial charge in [0.05, 0.1) is 18.1 Å². The van der Waals surface area contributed by atoms with Crippen LogP contribution in [0.3, 0.4) is 0 Å². The number of nitrogens with one attached hydrogen (secondary N) is 1. The zero-order valence-electron chi connectivity index (χ0n) is 15.7. The summed E-state index contributed by atoms with van der Waals surface area (Å²) in [6, 6.07) is 9.77. The lowest BCUT2D eigenvalue weighted by molar-refractivity contribution is 0.0926. The average Bonchev–Trinajstić information content (AvgIpc) is 3.49. The third-order valence-corrected chi connectivity index (χ3v) is 5.66. The van der Waals surface area contributed by atoms with Crippen LogP contribution in [0, 0.1) is 5.82 Å². The van der Waals surface area contributed by atoms with E-state index in [1.165, 1.54) is 24.1 Å². The summed E-state index contributed by atoms with van der Waals surface area (Å²) >= 11 is 1.50. The molecule has 3 aromatic rings. The van der Waals surface area contributed by atoms with Gasteiger partial charge >= 0.3 is 0 Å². The Morgan fingerprint density at radius 3 is 2.93 bits per heavy atom. The molecule has 7 nitrogen and oxygen atoms in total. The van der Waals surface area contributed by atoms with Gasteiger partial charge in [-0.1, -0.05) is 23.9 Å². The van der Waals surface area contributed by atoms with E-state index in [9.17, 15) is 9.18 Å². The molecule has 152 valence electrons. The molecule has 1 aliphatic heterocycles. The highest BCUT2D eigenvalue weighted by Crippen LogP contribution is 2.27. The molecular formula is C20H21FN4O3S. The van der Waals surface area contributed by atoms with Crippen molar-refractivity contribution in [2.75, 3.05) is 18.9 Å². The van der Waals surface area contributed by atoms with Gasteiger partial charge in [-0.2, -0.15) is 0 Å². The number of benzene rings is 1. The standard InChI is InChI=1S/C20H21FN4O3S/c21-15-6-1-2-7-16(15)25-18(9-10-22-19(26)17-8-4-12-28-17)23-24-20(25)29-13-14-5-3-11-27-14/h1-2,4,6-8,12,14H,3,5,9-11,13H2,(H,22,26)/t14-/m1/s1. The van der Waals surface area contributed by atoms with Crippen LogP contribution in [0.1, 0.15) is 29.2 Å². The van der Waals surface area contributed by atoms with Gasteiger partial charge in [-0.05, 0) is 37.1 Å². The predicted molar refractivity (Wildman–Crippen MR) is 106 cm³/mol. The third kappa shape index (κ3) is 4.68. The molecule has 9 heteroatoms. The van der Waals surface area contributed by atoms with Gasteiger partial charge in [-0.15, -0.1) is 10.2 Å². The van der Waals surface area contributed by atoms with E-state index >= 15 is 0 Å². The number of para-hydroxylation sites is 1. The second kappa shape index (κ2) is 9.23. The smallest absolute Gasteiger partial charge is 0.286 e. The van der Waals surface area contributed by atoms with Gasteiger partial charge in [-0.25, -0.2) is 4.39 Å². The number of aromatic nitrogens is 3. The lowest BCUT2D eigenvalue weighted by Gasteiger charge is -2.13. The number of carbonyl (C=O) groups excluding carboxylic acids is 1. The second-order valence-corrected chi connectivity index (χ2v) is 7.60. The number of furan rings is 1. The molecule has 0 bridgehead atoms. The molecule has 0 saturated carbocycles. The Balaban J connectivity index is 1.49. The van der Waals surface area contributed by atoms with Gasteiger partial charge in [0.25, 0.3) is 5.91 Å². The van der Waals surface area contributed by atoms with Crippen LogP contribution >= 0.6 is 11.8 Å². The molecular weight excluding hydrogens is 395 g/mol. The third-order valence-electron chi connectivity index (χ3n) is 4.60. The highest BCUT2D eigenvalue weighted by Gasteiger charge is 2.21. The van der Waals surface area contributed by atoms with Crippen LogP contribution in [-0.4, -0.2) is 45.7 Å². The van der Waals surface area contributed by atoms with Crippen molar-refractivity contribution < 1.29 is 18.3 Å². The summed E-state index contributed by atoms with van der Waals surface area (Å²) in [5.41, 5.74) is 0.389. The molecule has 0 aliphatic carbocycles. The highest BCUT2D eigenvalue weighted by molar-refractivity contribution is 7.99. The van der Waals surface area contributed by atoms with Gasteiger partial charge < -0.3 is 14.5 Å². The first-order valence-electron chi connectivity index (χ1n) is 9.47. The van der Waals surface area contributed by atoms with Crippen LogP contribution < -0.4 is 5.32 Å². The van der Waals surface area contributed by atoms with Crippen molar-refractivity contribution in [2.24, 2.45) is 0 Å². The topological polar surface area (TPSA) is 82.2 Å². The monoisotopic (exact) mass is 416 g/mol. The first kappa shape index (κ1) is 19.7. The first-order valence-corrected chi connectivity index (χ1v) is 10.5. The minimum Gasteiger partial charge on any atom is -0.459 e. The summed E-state index contributed by atoms with van der Waals surface area (Å²) < 4.78 is 27.0. The molecule has 0 spiro atoms. The lowest BCUT2D eigenvalue weighted by atomic mass is 10.3. The Morgan fingerprint density at radius 2 is 2.17 bits per heavy atom. The summed E-state index contributed by atoms with van der Waals surface area (Å²) in [5, 5.41) is 11.9. The second-order valence-electron chi connectivity index (χ2n) is 6.61. The molecule has 1 fully saturated rings. The molecule has 2 aromatic heterocycles. The van der Waals surface area contributed by atoms with E-state index in [0.717, 1.165) is 25.2 Å². The quantitative estimate of drug-likeness (QED) is 0.568. The fraction of sp³-hybridized carbons (Fsp3) is 0.350. The maximum absolute atomic E-state index is 14.5. The van der Waals surface area contributed by atoms with Crippen LogP contribution in [0.4, 0.5) is 4.39 Å². The molecule has 0 radical (unpaired) electrons. The fourth-order valence-electron chi connectivity index (χ4n) is 3.16. The Bertz CT molecular complexity index is 955. The van der Waals surface area contributed by atoms with Crippen molar-refractivity contribution in [2.45, 2.75) is 30.5 Å². The Labute approximate surface area is 171 Å². The summed E-state index contributed by atoms with van der Waals surface area (Å²) in [6.07, 6.45) is 4.11. The lowest BCUT2D eigenvalue weighted by Crippen LogP contribution is -2.26. The van der Waals surface area contributed by atoms with Crippen LogP contribution in [0.5, 0.6) is 0 Å². The van der Waals surface area contributed by atoms with E-state index in [-0.39, 0.29) is 23.6 Å². The van der Waals surface area contributed by atoms with Crippen molar-refractivity contribution in [3.05, 3.63) is 60.1 Å². The Kier molecular flexibility index (Phi) is 6.26. The van der Waals surface area contributed by atoms with E-state index < -0.39 is 0 Å². The molecule has 1 aliphatic rings. The predicted octanol–water partition coefficient (Wildman–Crippen LogP) is 3.24. The molecule has 1 atom stereocenters. The number of hydrogen-bond acceptors (Lipinski definition) is 6. The van der Waals surface area contributed by atoms with E-state index in [1.54, 1.807) is 34.9 Å². The van der Waals surface area contributed by atoms with Crippen molar-refractivity contribution in [1.82, 2.24) is 20.1 Å². The van der Waals surface area contributed by atoms with Crippen molar-refractivity contribution >= 4 is 17.7 Å². The van der Waals surface area contributed by atoms with Gasteiger partial charge in [0.1, 0.15) is 11.6 Å². The largest absolute Gasteiger partial charge is 0.459 e. The summed E-state index contributed by atoms with van der Waals surface area (Å²) in [4.78, 5) is 12.0. The summed E-state index contributed by atoms with van der Waals surface area (Å²) in [5.74, 6) is 0.895. The number of hydrogen-bond donors (Lipinski definition) is 1. The molecule has 4 rings (SSSR count). The number of halogens is 1. The SMILES string of the molecule is O=C(NCCc1nnc(SC[C@H]2CCCO2)n1-c1ccccc1F)c1ccco1. The van der Waals surface area contributed by atoms with Gasteiger partial charge in [0, 0.05) is 25.3 Å². The van der Waals surface area contributed by atoms with Crippen LogP contribution in [0.2, 0.25) is 0 Å². The zero-order chi connectivity index (χ0) is 20.1. The fourth-order valence-corrected chi connectivity index (χ4v) is 4.19. The average molecular weight is 416 g/mol. The van der Waals surface area contributed by atoms with E-state index in [2.05, 4.69) is 15.5 Å². The van der Waals surface area contributed by atoms with Crippen molar-refractivity contribution in [3.63, 3.8) is 0 Å². The Morgan fingerprint density at radius 1 is 1.28 bits per heavy atom. The molecule has 29 heavy (non-hydrogen) atoms. The van der Waals surface area contributed by atoms with Crippen LogP contribution in [0.25, 0.3) is 5.69 Å². The van der Waals surface area contributed by atoms with E-state index in [1.807, 2.05) is 0 Å². The number of ether oxygens (including phenoxy) is 1. The summed E-state index contributed by atoms with van der Waals surface area (Å²) in [7, 11) is 0. The molecule has 1 saturated heterocycles. The Hall–Kier alpha value is -2.65. The summed E-state index contributed by atoms with van der Waals surface area (Å²) in [6.45, 7) is 1.11. The first-order chi connectivity index (χ1) is 14.2. The zero-order valence-corrected chi connectivity index (χ0v) is 16.5.